The number of aromatic carboxylic acids is 1. The largest absolute Gasteiger partial charge is 0.478 e. The van der Waals surface area contributed by atoms with E-state index in [4.69, 9.17) is 0 Å². The number of thiophene rings is 1. The van der Waals surface area contributed by atoms with Crippen molar-refractivity contribution in [2.45, 2.75) is 43.1 Å². The number of fused-ring (bicyclic) bond motifs is 1. The fourth-order valence-electron chi connectivity index (χ4n) is 2.85. The second kappa shape index (κ2) is 7.24. The molecule has 3 N–H and O–H groups in total. The van der Waals surface area contributed by atoms with Crippen molar-refractivity contribution >= 4 is 27.3 Å². The van der Waals surface area contributed by atoms with Gasteiger partial charge < -0.3 is 10.4 Å². The summed E-state index contributed by atoms with van der Waals surface area (Å²) in [7, 11) is -3.89. The van der Waals surface area contributed by atoms with Crippen LogP contribution in [0.1, 0.15) is 34.1 Å². The molecule has 3 heterocycles. The zero-order valence-electron chi connectivity index (χ0n) is 13.7. The first-order valence-corrected chi connectivity index (χ1v) is 10.3. The number of carboxylic acids is 1. The van der Waals surface area contributed by atoms with Gasteiger partial charge in [-0.2, -0.15) is 5.10 Å². The number of hydrogen-bond donors (Lipinski definition) is 3. The molecule has 8 nitrogen and oxygen atoms in total. The molecule has 2 aromatic heterocycles. The van der Waals surface area contributed by atoms with Gasteiger partial charge in [0.1, 0.15) is 4.21 Å². The van der Waals surface area contributed by atoms with Gasteiger partial charge in [-0.25, -0.2) is 17.9 Å². The molecule has 0 fully saturated rings. The molecule has 0 spiro atoms. The second-order valence-electron chi connectivity index (χ2n) is 5.98. The van der Waals surface area contributed by atoms with Crippen LogP contribution in [0.3, 0.4) is 0 Å². The van der Waals surface area contributed by atoms with E-state index in [0.29, 0.717) is 38.0 Å². The van der Waals surface area contributed by atoms with Gasteiger partial charge in [0.15, 0.2) is 0 Å². The number of rotatable bonds is 7. The van der Waals surface area contributed by atoms with E-state index < -0.39 is 16.0 Å². The summed E-state index contributed by atoms with van der Waals surface area (Å²) in [5, 5.41) is 16.7. The van der Waals surface area contributed by atoms with Crippen molar-refractivity contribution in [3.8, 4) is 0 Å². The Morgan fingerprint density at radius 3 is 3.04 bits per heavy atom. The second-order valence-corrected chi connectivity index (χ2v) is 8.99. The van der Waals surface area contributed by atoms with Gasteiger partial charge in [0.05, 0.1) is 5.56 Å². The molecule has 2 aromatic rings. The molecule has 0 saturated heterocycles. The molecule has 10 heteroatoms. The first-order chi connectivity index (χ1) is 11.9. The highest BCUT2D eigenvalue weighted by molar-refractivity contribution is 7.91. The first kappa shape index (κ1) is 18.1. The molecule has 136 valence electrons. The van der Waals surface area contributed by atoms with Crippen molar-refractivity contribution in [3.63, 3.8) is 0 Å². The van der Waals surface area contributed by atoms with Gasteiger partial charge in [0.25, 0.3) is 10.0 Å². The molecule has 0 bridgehead atoms. The molecule has 25 heavy (non-hydrogen) atoms. The van der Waals surface area contributed by atoms with Gasteiger partial charge in [-0.15, -0.1) is 11.3 Å². The lowest BCUT2D eigenvalue weighted by molar-refractivity contribution is 0.0692. The normalized spacial score (nSPS) is 15.7. The molecular formula is C15H20N4O4S2. The fraction of sp³-hybridized carbons (Fsp3) is 0.467. The molecule has 0 aliphatic carbocycles. The first-order valence-electron chi connectivity index (χ1n) is 7.97. The number of sulfonamides is 1. The highest BCUT2D eigenvalue weighted by Crippen LogP contribution is 2.34. The molecule has 1 atom stereocenters. The minimum absolute atomic E-state index is 0.0757. The Bertz CT molecular complexity index is 858. The maximum absolute atomic E-state index is 12.7. The van der Waals surface area contributed by atoms with Crippen LogP contribution in [0, 0.1) is 0 Å². The monoisotopic (exact) mass is 384 g/mol. The van der Waals surface area contributed by atoms with Crippen LogP contribution in [0.15, 0.2) is 22.7 Å². The summed E-state index contributed by atoms with van der Waals surface area (Å²) < 4.78 is 29.7. The van der Waals surface area contributed by atoms with Crippen LogP contribution in [0.2, 0.25) is 0 Å². The molecule has 1 aliphatic rings. The summed E-state index contributed by atoms with van der Waals surface area (Å²) in [5.74, 6) is -1.19. The molecule has 0 unspecified atom stereocenters. The molecule has 0 amide bonds. The third kappa shape index (κ3) is 3.92. The van der Waals surface area contributed by atoms with Crippen molar-refractivity contribution in [3.05, 3.63) is 34.5 Å². The minimum Gasteiger partial charge on any atom is -0.478 e. The summed E-state index contributed by atoms with van der Waals surface area (Å²) in [6, 6.07) is 1.46. The van der Waals surface area contributed by atoms with Crippen LogP contribution >= 0.6 is 11.3 Å². The van der Waals surface area contributed by atoms with E-state index in [9.17, 15) is 18.3 Å². The van der Waals surface area contributed by atoms with E-state index in [2.05, 4.69) is 15.1 Å². The lowest BCUT2D eigenvalue weighted by atomic mass is 10.1. The summed E-state index contributed by atoms with van der Waals surface area (Å²) in [5.41, 5.74) is 0.564. The van der Waals surface area contributed by atoms with E-state index in [-0.39, 0.29) is 15.8 Å². The topological polar surface area (TPSA) is 113 Å². The Balaban J connectivity index is 1.79. The summed E-state index contributed by atoms with van der Waals surface area (Å²) >= 11 is 1.04. The number of carbonyl (C=O) groups is 1. The Kier molecular flexibility index (Phi) is 5.23. The van der Waals surface area contributed by atoms with E-state index >= 15 is 0 Å². The van der Waals surface area contributed by atoms with Crippen LogP contribution in [0.4, 0.5) is 0 Å². The third-order valence-electron chi connectivity index (χ3n) is 4.06. The quantitative estimate of drug-likeness (QED) is 0.657. The van der Waals surface area contributed by atoms with Gasteiger partial charge in [-0.1, -0.05) is 0 Å². The smallest absolute Gasteiger partial charge is 0.338 e. The highest BCUT2D eigenvalue weighted by Gasteiger charge is 2.32. The molecule has 0 radical (unpaired) electrons. The van der Waals surface area contributed by atoms with E-state index in [1.807, 2.05) is 6.20 Å². The van der Waals surface area contributed by atoms with Crippen LogP contribution in [-0.2, 0) is 29.5 Å². The van der Waals surface area contributed by atoms with Crippen LogP contribution < -0.4 is 10.0 Å². The molecule has 1 aliphatic heterocycles. The van der Waals surface area contributed by atoms with E-state index in [1.165, 1.54) is 0 Å². The third-order valence-corrected chi connectivity index (χ3v) is 7.40. The standard InChI is InChI=1S/C15H20N4O4S2/c1-10(4-8-19-7-2-5-17-19)18-25(22,23)15-13(14(20)21)11-3-6-16-9-12(11)24-15/h2,5,7,10,16,18H,3-4,6,8-9H2,1H3,(H,20,21)/t10-/m0/s1. The predicted molar refractivity (Wildman–Crippen MR) is 93.3 cm³/mol. The Morgan fingerprint density at radius 2 is 2.36 bits per heavy atom. The van der Waals surface area contributed by atoms with E-state index in [1.54, 1.807) is 23.9 Å². The van der Waals surface area contributed by atoms with Crippen LogP contribution in [-0.4, -0.2) is 41.9 Å². The summed E-state index contributed by atoms with van der Waals surface area (Å²) in [4.78, 5) is 12.4. The average Bonchev–Trinajstić information content (AvgIpc) is 3.20. The van der Waals surface area contributed by atoms with Crippen molar-refractivity contribution in [2.24, 2.45) is 0 Å². The maximum atomic E-state index is 12.7. The minimum atomic E-state index is -3.89. The predicted octanol–water partition coefficient (Wildman–Crippen LogP) is 1.05. The lowest BCUT2D eigenvalue weighted by Crippen LogP contribution is -2.33. The van der Waals surface area contributed by atoms with Gasteiger partial charge in [0, 0.05) is 36.4 Å². The number of nitrogens with one attached hydrogen (secondary N) is 2. The molecule has 0 saturated carbocycles. The Morgan fingerprint density at radius 1 is 1.56 bits per heavy atom. The highest BCUT2D eigenvalue weighted by atomic mass is 32.2. The van der Waals surface area contributed by atoms with Gasteiger partial charge in [-0.3, -0.25) is 4.68 Å². The molecule has 3 rings (SSSR count). The van der Waals surface area contributed by atoms with Crippen LogP contribution in [0.25, 0.3) is 0 Å². The number of carboxylic acid groups (broad SMARTS) is 1. The van der Waals surface area contributed by atoms with Crippen molar-refractivity contribution in [2.75, 3.05) is 6.54 Å². The zero-order chi connectivity index (χ0) is 18.0. The molecular weight excluding hydrogens is 364 g/mol. The maximum Gasteiger partial charge on any atom is 0.338 e. The van der Waals surface area contributed by atoms with Gasteiger partial charge in [0.2, 0.25) is 0 Å². The van der Waals surface area contributed by atoms with Gasteiger partial charge >= 0.3 is 5.97 Å². The van der Waals surface area contributed by atoms with Crippen molar-refractivity contribution in [1.82, 2.24) is 19.8 Å². The number of aromatic nitrogens is 2. The Hall–Kier alpha value is -1.75. The Labute approximate surface area is 149 Å². The van der Waals surface area contributed by atoms with Crippen molar-refractivity contribution < 1.29 is 18.3 Å². The fourth-order valence-corrected chi connectivity index (χ4v) is 6.01. The van der Waals surface area contributed by atoms with E-state index in [0.717, 1.165) is 16.2 Å². The summed E-state index contributed by atoms with van der Waals surface area (Å²) in [6.07, 6.45) is 4.55. The summed E-state index contributed by atoms with van der Waals surface area (Å²) in [6.45, 7) is 3.49. The number of nitrogens with zero attached hydrogens (tertiary/aromatic N) is 2. The molecule has 0 aromatic carbocycles. The lowest BCUT2D eigenvalue weighted by Gasteiger charge is -2.14. The van der Waals surface area contributed by atoms with Crippen LogP contribution in [0.5, 0.6) is 0 Å². The number of aryl methyl sites for hydroxylation is 1. The average molecular weight is 384 g/mol. The zero-order valence-corrected chi connectivity index (χ0v) is 15.4. The SMILES string of the molecule is C[C@@H](CCn1cccn1)NS(=O)(=O)c1sc2c(c1C(=O)O)CCNC2. The number of hydrogen-bond acceptors (Lipinski definition) is 6. The van der Waals surface area contributed by atoms with Gasteiger partial charge in [-0.05, 0) is 37.9 Å². The van der Waals surface area contributed by atoms with Crippen molar-refractivity contribution in [1.29, 1.82) is 0 Å².